The maximum absolute atomic E-state index is 12.9. The number of benzene rings is 2. The van der Waals surface area contributed by atoms with Gasteiger partial charge < -0.3 is 10.1 Å². The number of ether oxygens (including phenoxy) is 1. The zero-order valence-corrected chi connectivity index (χ0v) is 18.8. The summed E-state index contributed by atoms with van der Waals surface area (Å²) in [5, 5.41) is 2.82. The van der Waals surface area contributed by atoms with Crippen molar-refractivity contribution in [2.45, 2.75) is 32.4 Å². The number of carbonyl (C=O) groups is 3. The second-order valence-electron chi connectivity index (χ2n) is 7.19. The first-order valence-corrected chi connectivity index (χ1v) is 10.8. The number of anilines is 1. The Morgan fingerprint density at radius 1 is 1.19 bits per heavy atom. The number of esters is 1. The molecule has 1 heterocycles. The molecule has 0 radical (unpaired) electrons. The first-order valence-electron chi connectivity index (χ1n) is 9.94. The van der Waals surface area contributed by atoms with Crippen LogP contribution in [0, 0.1) is 13.8 Å². The Kier molecular flexibility index (Phi) is 7.12. The van der Waals surface area contributed by atoms with Crippen molar-refractivity contribution in [3.63, 3.8) is 0 Å². The van der Waals surface area contributed by atoms with Gasteiger partial charge in [0.25, 0.3) is 0 Å². The molecule has 162 valence electrons. The van der Waals surface area contributed by atoms with E-state index in [1.165, 1.54) is 18.9 Å². The highest BCUT2D eigenvalue weighted by Crippen LogP contribution is 2.30. The number of hydrogen-bond donors (Lipinski definition) is 1. The number of hydrogen-bond acceptors (Lipinski definition) is 6. The maximum Gasteiger partial charge on any atom is 0.337 e. The Morgan fingerprint density at radius 3 is 2.52 bits per heavy atom. The van der Waals surface area contributed by atoms with Gasteiger partial charge in [0.1, 0.15) is 5.25 Å². The molecule has 0 spiro atoms. The van der Waals surface area contributed by atoms with Gasteiger partial charge in [-0.15, -0.1) is 0 Å². The summed E-state index contributed by atoms with van der Waals surface area (Å²) in [6.45, 7) is 6.25. The summed E-state index contributed by atoms with van der Waals surface area (Å²) < 4.78 is 4.70. The molecule has 0 aromatic heterocycles. The van der Waals surface area contributed by atoms with Gasteiger partial charge in [0.05, 0.1) is 18.4 Å². The standard InChI is InChI=1S/C23H25N3O4S/c1-5-26-20(27)13-19(21(28)25-18-11-6-14(2)12-15(18)3)31-23(26)24-17-9-7-16(8-10-17)22(29)30-4/h6-12,19H,5,13H2,1-4H3,(H,25,28). The van der Waals surface area contributed by atoms with E-state index in [4.69, 9.17) is 4.74 Å². The number of aryl methyl sites for hydroxylation is 2. The minimum atomic E-state index is -0.580. The monoisotopic (exact) mass is 439 g/mol. The van der Waals surface area contributed by atoms with E-state index < -0.39 is 11.2 Å². The third-order valence-corrected chi connectivity index (χ3v) is 6.09. The van der Waals surface area contributed by atoms with Gasteiger partial charge in [-0.25, -0.2) is 9.79 Å². The van der Waals surface area contributed by atoms with Gasteiger partial charge in [-0.3, -0.25) is 14.5 Å². The second kappa shape index (κ2) is 9.78. The maximum atomic E-state index is 12.9. The largest absolute Gasteiger partial charge is 0.465 e. The lowest BCUT2D eigenvalue weighted by molar-refractivity contribution is -0.129. The summed E-state index contributed by atoms with van der Waals surface area (Å²) in [6.07, 6.45) is 0.107. The molecular weight excluding hydrogens is 414 g/mol. The van der Waals surface area contributed by atoms with Crippen molar-refractivity contribution in [3.8, 4) is 0 Å². The van der Waals surface area contributed by atoms with Crippen molar-refractivity contribution >= 4 is 46.1 Å². The summed E-state index contributed by atoms with van der Waals surface area (Å²) in [6, 6.07) is 12.4. The number of thioether (sulfide) groups is 1. The van der Waals surface area contributed by atoms with E-state index in [0.29, 0.717) is 23.0 Å². The van der Waals surface area contributed by atoms with Gasteiger partial charge in [-0.1, -0.05) is 29.5 Å². The van der Waals surface area contributed by atoms with Crippen molar-refractivity contribution < 1.29 is 19.1 Å². The van der Waals surface area contributed by atoms with Crippen LogP contribution < -0.4 is 5.32 Å². The Bertz CT molecular complexity index is 1030. The topological polar surface area (TPSA) is 88.1 Å². The lowest BCUT2D eigenvalue weighted by atomic mass is 10.1. The molecule has 0 aliphatic carbocycles. The number of nitrogens with one attached hydrogen (secondary N) is 1. The summed E-state index contributed by atoms with van der Waals surface area (Å²) >= 11 is 1.27. The SMILES string of the molecule is CCN1C(=O)CC(C(=O)Nc2ccc(C)cc2C)SC1=Nc1ccc(C(=O)OC)cc1. The normalized spacial score (nSPS) is 17.5. The third kappa shape index (κ3) is 5.32. The van der Waals surface area contributed by atoms with Crippen LogP contribution in [-0.2, 0) is 14.3 Å². The summed E-state index contributed by atoms with van der Waals surface area (Å²) in [5.74, 6) is -0.804. The number of rotatable bonds is 5. The molecule has 7 nitrogen and oxygen atoms in total. The first kappa shape index (κ1) is 22.6. The van der Waals surface area contributed by atoms with Crippen LogP contribution in [0.3, 0.4) is 0 Å². The molecule has 0 saturated carbocycles. The van der Waals surface area contributed by atoms with Crippen LogP contribution >= 0.6 is 11.8 Å². The average Bonchev–Trinajstić information content (AvgIpc) is 2.75. The van der Waals surface area contributed by atoms with Crippen LogP contribution in [0.5, 0.6) is 0 Å². The van der Waals surface area contributed by atoms with Gasteiger partial charge >= 0.3 is 5.97 Å². The molecule has 2 aromatic rings. The van der Waals surface area contributed by atoms with Crippen molar-refractivity contribution in [2.24, 2.45) is 4.99 Å². The van der Waals surface area contributed by atoms with Gasteiger partial charge in [0.2, 0.25) is 11.8 Å². The van der Waals surface area contributed by atoms with Crippen molar-refractivity contribution in [3.05, 3.63) is 59.2 Å². The summed E-state index contributed by atoms with van der Waals surface area (Å²) in [4.78, 5) is 43.3. The van der Waals surface area contributed by atoms with Gasteiger partial charge in [0, 0.05) is 18.7 Å². The minimum Gasteiger partial charge on any atom is -0.465 e. The number of nitrogens with zero attached hydrogens (tertiary/aromatic N) is 2. The molecule has 1 aliphatic heterocycles. The lowest BCUT2D eigenvalue weighted by Crippen LogP contribution is -2.45. The van der Waals surface area contributed by atoms with Crippen LogP contribution in [0.4, 0.5) is 11.4 Å². The number of methoxy groups -OCH3 is 1. The van der Waals surface area contributed by atoms with Gasteiger partial charge in [0.15, 0.2) is 5.17 Å². The van der Waals surface area contributed by atoms with E-state index in [9.17, 15) is 14.4 Å². The molecule has 1 saturated heterocycles. The van der Waals surface area contributed by atoms with Crippen LogP contribution in [0.1, 0.15) is 34.8 Å². The number of amidine groups is 1. The molecule has 2 amide bonds. The number of aliphatic imine (C=N–C) groups is 1. The van der Waals surface area contributed by atoms with Crippen molar-refractivity contribution in [2.75, 3.05) is 19.0 Å². The fourth-order valence-corrected chi connectivity index (χ4v) is 4.38. The highest BCUT2D eigenvalue weighted by atomic mass is 32.2. The van der Waals surface area contributed by atoms with E-state index in [0.717, 1.165) is 16.8 Å². The Balaban J connectivity index is 1.81. The van der Waals surface area contributed by atoms with E-state index in [1.807, 2.05) is 39.0 Å². The first-order chi connectivity index (χ1) is 14.8. The Labute approximate surface area is 185 Å². The number of amides is 2. The van der Waals surface area contributed by atoms with E-state index in [-0.39, 0.29) is 18.2 Å². The molecule has 1 fully saturated rings. The molecule has 1 atom stereocenters. The molecule has 8 heteroatoms. The highest BCUT2D eigenvalue weighted by Gasteiger charge is 2.35. The zero-order valence-electron chi connectivity index (χ0n) is 18.0. The predicted octanol–water partition coefficient (Wildman–Crippen LogP) is 4.07. The quantitative estimate of drug-likeness (QED) is 0.710. The smallest absolute Gasteiger partial charge is 0.337 e. The van der Waals surface area contributed by atoms with Gasteiger partial charge in [-0.2, -0.15) is 0 Å². The molecular formula is C23H25N3O4S. The molecule has 1 unspecified atom stereocenters. The predicted molar refractivity (Wildman–Crippen MR) is 123 cm³/mol. The fraction of sp³-hybridized carbons (Fsp3) is 0.304. The van der Waals surface area contributed by atoms with Crippen LogP contribution in [0.25, 0.3) is 0 Å². The molecule has 1 N–H and O–H groups in total. The fourth-order valence-electron chi connectivity index (χ4n) is 3.22. The summed E-state index contributed by atoms with van der Waals surface area (Å²) in [7, 11) is 1.32. The molecule has 31 heavy (non-hydrogen) atoms. The second-order valence-corrected chi connectivity index (χ2v) is 8.36. The zero-order chi connectivity index (χ0) is 22.5. The van der Waals surface area contributed by atoms with E-state index in [2.05, 4.69) is 10.3 Å². The van der Waals surface area contributed by atoms with Gasteiger partial charge in [-0.05, 0) is 56.7 Å². The molecule has 1 aliphatic rings. The van der Waals surface area contributed by atoms with E-state index >= 15 is 0 Å². The molecule has 3 rings (SSSR count). The number of carbonyl (C=O) groups excluding carboxylic acids is 3. The molecule has 2 aromatic carbocycles. The third-order valence-electron chi connectivity index (χ3n) is 4.90. The van der Waals surface area contributed by atoms with Crippen LogP contribution in [-0.4, -0.2) is 46.8 Å². The average molecular weight is 440 g/mol. The minimum absolute atomic E-state index is 0.107. The van der Waals surface area contributed by atoms with Crippen molar-refractivity contribution in [1.29, 1.82) is 0 Å². The van der Waals surface area contributed by atoms with Crippen molar-refractivity contribution in [1.82, 2.24) is 4.90 Å². The Hall–Kier alpha value is -3.13. The van der Waals surface area contributed by atoms with Crippen LogP contribution in [0.2, 0.25) is 0 Å². The molecule has 0 bridgehead atoms. The Morgan fingerprint density at radius 2 is 1.90 bits per heavy atom. The van der Waals surface area contributed by atoms with Crippen LogP contribution in [0.15, 0.2) is 47.5 Å². The summed E-state index contributed by atoms with van der Waals surface area (Å²) in [5.41, 5.74) is 3.81. The lowest BCUT2D eigenvalue weighted by Gasteiger charge is -2.31. The highest BCUT2D eigenvalue weighted by molar-refractivity contribution is 8.15. The van der Waals surface area contributed by atoms with E-state index in [1.54, 1.807) is 29.2 Å².